The van der Waals surface area contributed by atoms with Gasteiger partial charge in [0.1, 0.15) is 0 Å². The first-order valence-corrected chi connectivity index (χ1v) is 8.12. The quantitative estimate of drug-likeness (QED) is 0.793. The zero-order chi connectivity index (χ0) is 12.6. The Bertz CT molecular complexity index is 322. The van der Waals surface area contributed by atoms with Crippen LogP contribution in [0.25, 0.3) is 0 Å². The van der Waals surface area contributed by atoms with Crippen LogP contribution in [0, 0.1) is 11.3 Å². The molecule has 102 valence electrons. The second-order valence-corrected chi connectivity index (χ2v) is 7.39. The lowest BCUT2D eigenvalue weighted by molar-refractivity contribution is 0.0450. The van der Waals surface area contributed by atoms with E-state index in [0.29, 0.717) is 5.41 Å². The summed E-state index contributed by atoms with van der Waals surface area (Å²) < 4.78 is 0. The Morgan fingerprint density at radius 2 is 1.89 bits per heavy atom. The second-order valence-electron chi connectivity index (χ2n) is 6.87. The molecule has 1 heterocycles. The molecular weight excluding hydrogens is 240 g/mol. The number of hydrogen-bond acceptors (Lipinski definition) is 2. The molecule has 2 nitrogen and oxygen atoms in total. The molecule has 3 rings (SSSR count). The predicted molar refractivity (Wildman–Crippen MR) is 79.6 cm³/mol. The van der Waals surface area contributed by atoms with Crippen molar-refractivity contribution in [1.29, 1.82) is 0 Å². The van der Waals surface area contributed by atoms with Gasteiger partial charge in [0.2, 0.25) is 0 Å². The summed E-state index contributed by atoms with van der Waals surface area (Å²) in [4.78, 5) is 3.53. The summed E-state index contributed by atoms with van der Waals surface area (Å²) in [5.74, 6) is 0.994. The van der Waals surface area contributed by atoms with Gasteiger partial charge in [0.15, 0.2) is 0 Å². The molecular formula is C15H26N2S. The van der Waals surface area contributed by atoms with Crippen LogP contribution in [0.2, 0.25) is 0 Å². The molecule has 1 saturated heterocycles. The lowest BCUT2D eigenvalue weighted by atomic mass is 9.78. The predicted octanol–water partition coefficient (Wildman–Crippen LogP) is 3.10. The van der Waals surface area contributed by atoms with Crippen molar-refractivity contribution in [3.8, 4) is 0 Å². The molecule has 0 aromatic rings. The molecule has 3 fully saturated rings. The van der Waals surface area contributed by atoms with Gasteiger partial charge in [-0.05, 0) is 56.4 Å². The SMILES string of the molecule is NC(=S)CC1(CN2CCC[C@H]3CCCC[C@H]32)CC1. The Labute approximate surface area is 116 Å². The van der Waals surface area contributed by atoms with E-state index in [9.17, 15) is 0 Å². The maximum Gasteiger partial charge on any atom is 0.0733 e. The van der Waals surface area contributed by atoms with E-state index < -0.39 is 0 Å². The van der Waals surface area contributed by atoms with E-state index >= 15 is 0 Å². The van der Waals surface area contributed by atoms with Crippen LogP contribution >= 0.6 is 12.2 Å². The van der Waals surface area contributed by atoms with Crippen molar-refractivity contribution in [2.45, 2.75) is 63.8 Å². The van der Waals surface area contributed by atoms with Crippen LogP contribution in [-0.2, 0) is 0 Å². The molecule has 2 saturated carbocycles. The molecule has 3 heteroatoms. The van der Waals surface area contributed by atoms with Crippen LogP contribution in [0.4, 0.5) is 0 Å². The van der Waals surface area contributed by atoms with Crippen LogP contribution in [-0.4, -0.2) is 29.0 Å². The summed E-state index contributed by atoms with van der Waals surface area (Å²) in [6, 6.07) is 0.885. The highest BCUT2D eigenvalue weighted by Crippen LogP contribution is 2.50. The largest absolute Gasteiger partial charge is 0.393 e. The maximum absolute atomic E-state index is 5.77. The number of hydrogen-bond donors (Lipinski definition) is 1. The molecule has 3 aliphatic rings. The van der Waals surface area contributed by atoms with Gasteiger partial charge in [-0.1, -0.05) is 25.1 Å². The molecule has 2 atom stereocenters. The number of fused-ring (bicyclic) bond motifs is 1. The van der Waals surface area contributed by atoms with E-state index in [0.717, 1.165) is 23.4 Å². The van der Waals surface area contributed by atoms with Crippen molar-refractivity contribution in [2.75, 3.05) is 13.1 Å². The molecule has 1 aliphatic heterocycles. The van der Waals surface area contributed by atoms with Gasteiger partial charge in [-0.3, -0.25) is 4.90 Å². The average molecular weight is 266 g/mol. The zero-order valence-electron chi connectivity index (χ0n) is 11.4. The Balaban J connectivity index is 1.62. The average Bonchev–Trinajstić information content (AvgIpc) is 3.08. The number of likely N-dealkylation sites (tertiary alicyclic amines) is 1. The smallest absolute Gasteiger partial charge is 0.0733 e. The zero-order valence-corrected chi connectivity index (χ0v) is 12.2. The van der Waals surface area contributed by atoms with Gasteiger partial charge in [-0.2, -0.15) is 0 Å². The highest BCUT2D eigenvalue weighted by Gasteiger charge is 2.46. The molecule has 0 aromatic heterocycles. The van der Waals surface area contributed by atoms with E-state index in [1.165, 1.54) is 64.5 Å². The van der Waals surface area contributed by atoms with Crippen molar-refractivity contribution in [2.24, 2.45) is 17.1 Å². The first kappa shape index (κ1) is 12.9. The van der Waals surface area contributed by atoms with Gasteiger partial charge in [0.25, 0.3) is 0 Å². The van der Waals surface area contributed by atoms with E-state index in [1.54, 1.807) is 0 Å². The van der Waals surface area contributed by atoms with E-state index in [-0.39, 0.29) is 0 Å². The van der Waals surface area contributed by atoms with Crippen LogP contribution in [0.15, 0.2) is 0 Å². The van der Waals surface area contributed by atoms with Crippen molar-refractivity contribution >= 4 is 17.2 Å². The Hall–Kier alpha value is -0.150. The van der Waals surface area contributed by atoms with E-state index in [1.807, 2.05) is 0 Å². The monoisotopic (exact) mass is 266 g/mol. The van der Waals surface area contributed by atoms with Crippen molar-refractivity contribution in [1.82, 2.24) is 4.90 Å². The number of rotatable bonds is 4. The van der Waals surface area contributed by atoms with Crippen molar-refractivity contribution < 1.29 is 0 Å². The molecule has 0 spiro atoms. The fourth-order valence-corrected chi connectivity index (χ4v) is 4.60. The third kappa shape index (κ3) is 2.72. The molecule has 18 heavy (non-hydrogen) atoms. The Morgan fingerprint density at radius 1 is 1.17 bits per heavy atom. The lowest BCUT2D eigenvalue weighted by Crippen LogP contribution is -2.49. The summed E-state index contributed by atoms with van der Waals surface area (Å²) >= 11 is 5.13. The number of thiocarbonyl (C=S) groups is 1. The van der Waals surface area contributed by atoms with Gasteiger partial charge >= 0.3 is 0 Å². The van der Waals surface area contributed by atoms with Gasteiger partial charge in [-0.15, -0.1) is 0 Å². The van der Waals surface area contributed by atoms with Crippen LogP contribution < -0.4 is 5.73 Å². The summed E-state index contributed by atoms with van der Waals surface area (Å²) in [7, 11) is 0. The molecule has 0 radical (unpaired) electrons. The van der Waals surface area contributed by atoms with Gasteiger partial charge in [0.05, 0.1) is 4.99 Å². The molecule has 0 amide bonds. The normalized spacial score (nSPS) is 34.9. The second kappa shape index (κ2) is 5.09. The van der Waals surface area contributed by atoms with Crippen molar-refractivity contribution in [3.63, 3.8) is 0 Å². The third-order valence-electron chi connectivity index (χ3n) is 5.40. The van der Waals surface area contributed by atoms with Crippen LogP contribution in [0.1, 0.15) is 57.8 Å². The van der Waals surface area contributed by atoms with E-state index in [2.05, 4.69) is 4.90 Å². The first-order chi connectivity index (χ1) is 8.69. The molecule has 2 aliphatic carbocycles. The Kier molecular flexibility index (Phi) is 3.63. The summed E-state index contributed by atoms with van der Waals surface area (Å²) in [5, 5.41) is 0. The van der Waals surface area contributed by atoms with E-state index in [4.69, 9.17) is 18.0 Å². The minimum absolute atomic E-state index is 0.477. The molecule has 0 bridgehead atoms. The maximum atomic E-state index is 5.77. The summed E-state index contributed by atoms with van der Waals surface area (Å²) in [6.45, 7) is 2.59. The number of nitrogens with zero attached hydrogens (tertiary/aromatic N) is 1. The third-order valence-corrected chi connectivity index (χ3v) is 5.55. The Morgan fingerprint density at radius 3 is 2.61 bits per heavy atom. The summed E-state index contributed by atoms with van der Waals surface area (Å²) in [5.41, 5.74) is 6.25. The topological polar surface area (TPSA) is 29.3 Å². The minimum Gasteiger partial charge on any atom is -0.393 e. The van der Waals surface area contributed by atoms with Gasteiger partial charge < -0.3 is 5.73 Å². The molecule has 0 unspecified atom stereocenters. The summed E-state index contributed by atoms with van der Waals surface area (Å²) in [6.07, 6.45) is 12.4. The number of nitrogens with two attached hydrogens (primary N) is 1. The highest BCUT2D eigenvalue weighted by atomic mass is 32.1. The van der Waals surface area contributed by atoms with Gasteiger partial charge in [0, 0.05) is 19.0 Å². The number of piperidine rings is 1. The highest BCUT2D eigenvalue weighted by molar-refractivity contribution is 7.80. The fourth-order valence-electron chi connectivity index (χ4n) is 4.29. The fraction of sp³-hybridized carbons (Fsp3) is 0.933. The minimum atomic E-state index is 0.477. The van der Waals surface area contributed by atoms with Crippen molar-refractivity contribution in [3.05, 3.63) is 0 Å². The lowest BCUT2D eigenvalue weighted by Gasteiger charge is -2.45. The van der Waals surface area contributed by atoms with Crippen LogP contribution in [0.5, 0.6) is 0 Å². The molecule has 0 aromatic carbocycles. The van der Waals surface area contributed by atoms with Crippen LogP contribution in [0.3, 0.4) is 0 Å². The first-order valence-electron chi connectivity index (χ1n) is 7.71. The molecule has 2 N–H and O–H groups in total. The van der Waals surface area contributed by atoms with Gasteiger partial charge in [-0.25, -0.2) is 0 Å². The standard InChI is InChI=1S/C15H26N2S/c16-14(18)10-15(7-8-15)11-17-9-3-5-12-4-1-2-6-13(12)17/h12-13H,1-11H2,(H2,16,18)/t12-,13-/m1/s1.